The number of aliphatic hydroxyl groups is 1. The number of aromatic amines is 1. The van der Waals surface area contributed by atoms with E-state index in [-0.39, 0.29) is 17.9 Å². The van der Waals surface area contributed by atoms with E-state index in [1.807, 2.05) is 18.2 Å². The van der Waals surface area contributed by atoms with Gasteiger partial charge in [0.15, 0.2) is 5.43 Å². The van der Waals surface area contributed by atoms with E-state index in [1.54, 1.807) is 38.1 Å². The molecule has 5 heteroatoms. The lowest BCUT2D eigenvalue weighted by molar-refractivity contribution is 0.0869. The first-order valence-corrected chi connectivity index (χ1v) is 7.39. The first kappa shape index (κ1) is 15.2. The standard InChI is InChI=1S/C18H18N2O3/c1-18(2,10-21)20-17(23)11-7-8-13-15(9-11)19-14-6-4-3-5-12(14)16(13)22/h3-9,21H,10H2,1-2H3,(H,19,22)(H,20,23). The molecule has 0 aliphatic rings. The van der Waals surface area contributed by atoms with Gasteiger partial charge in [-0.1, -0.05) is 12.1 Å². The molecule has 0 fully saturated rings. The summed E-state index contributed by atoms with van der Waals surface area (Å²) in [5, 5.41) is 13.2. The highest BCUT2D eigenvalue weighted by Crippen LogP contribution is 2.16. The molecule has 118 valence electrons. The van der Waals surface area contributed by atoms with E-state index in [0.717, 1.165) is 5.52 Å². The van der Waals surface area contributed by atoms with Crippen LogP contribution in [0.2, 0.25) is 0 Å². The van der Waals surface area contributed by atoms with Crippen molar-refractivity contribution in [1.29, 1.82) is 0 Å². The predicted octanol–water partition coefficient (Wildman–Crippen LogP) is 2.18. The number of benzene rings is 2. The third-order valence-corrected chi connectivity index (χ3v) is 3.81. The number of hydrogen-bond acceptors (Lipinski definition) is 3. The van der Waals surface area contributed by atoms with Gasteiger partial charge in [0.05, 0.1) is 17.7 Å². The number of aliphatic hydroxyl groups excluding tert-OH is 1. The lowest BCUT2D eigenvalue weighted by Crippen LogP contribution is -2.46. The van der Waals surface area contributed by atoms with E-state index in [2.05, 4.69) is 10.3 Å². The molecule has 3 N–H and O–H groups in total. The molecule has 0 spiro atoms. The number of H-pyrrole nitrogens is 1. The minimum Gasteiger partial charge on any atom is -0.394 e. The van der Waals surface area contributed by atoms with Crippen molar-refractivity contribution in [2.45, 2.75) is 19.4 Å². The van der Waals surface area contributed by atoms with E-state index >= 15 is 0 Å². The molecule has 0 atom stereocenters. The van der Waals surface area contributed by atoms with Gasteiger partial charge in [-0.3, -0.25) is 9.59 Å². The average Bonchev–Trinajstić information content (AvgIpc) is 2.54. The Hall–Kier alpha value is -2.66. The normalized spacial score (nSPS) is 11.8. The quantitative estimate of drug-likeness (QED) is 0.649. The molecule has 0 aliphatic carbocycles. The van der Waals surface area contributed by atoms with E-state index in [9.17, 15) is 14.7 Å². The molecular weight excluding hydrogens is 292 g/mol. The number of pyridine rings is 1. The summed E-state index contributed by atoms with van der Waals surface area (Å²) in [6.45, 7) is 3.32. The fourth-order valence-electron chi connectivity index (χ4n) is 2.49. The molecule has 1 heterocycles. The SMILES string of the molecule is CC(C)(CO)NC(=O)c1ccc2c(=O)c3ccccc3[nH]c2c1. The Bertz CT molecular complexity index is 957. The van der Waals surface area contributed by atoms with Crippen LogP contribution in [0.15, 0.2) is 47.3 Å². The van der Waals surface area contributed by atoms with Gasteiger partial charge in [-0.05, 0) is 44.2 Å². The van der Waals surface area contributed by atoms with Crippen LogP contribution in [-0.4, -0.2) is 28.1 Å². The van der Waals surface area contributed by atoms with Gasteiger partial charge in [-0.15, -0.1) is 0 Å². The van der Waals surface area contributed by atoms with Crippen molar-refractivity contribution in [2.75, 3.05) is 6.61 Å². The third kappa shape index (κ3) is 2.83. The number of carbonyl (C=O) groups is 1. The minimum atomic E-state index is -0.706. The van der Waals surface area contributed by atoms with Crippen molar-refractivity contribution in [3.8, 4) is 0 Å². The largest absolute Gasteiger partial charge is 0.394 e. The van der Waals surface area contributed by atoms with Gasteiger partial charge in [-0.2, -0.15) is 0 Å². The maximum Gasteiger partial charge on any atom is 0.251 e. The zero-order chi connectivity index (χ0) is 16.6. The number of amides is 1. The van der Waals surface area contributed by atoms with Gasteiger partial charge in [0.25, 0.3) is 5.91 Å². The summed E-state index contributed by atoms with van der Waals surface area (Å²) in [6, 6.07) is 12.2. The van der Waals surface area contributed by atoms with Crippen LogP contribution >= 0.6 is 0 Å². The molecule has 0 saturated carbocycles. The summed E-state index contributed by atoms with van der Waals surface area (Å²) < 4.78 is 0. The maximum absolute atomic E-state index is 12.5. The highest BCUT2D eigenvalue weighted by atomic mass is 16.3. The predicted molar refractivity (Wildman–Crippen MR) is 90.7 cm³/mol. The lowest BCUT2D eigenvalue weighted by atomic mass is 10.0. The van der Waals surface area contributed by atoms with Crippen LogP contribution in [0, 0.1) is 0 Å². The smallest absolute Gasteiger partial charge is 0.251 e. The number of carbonyl (C=O) groups excluding carboxylic acids is 1. The summed E-state index contributed by atoms with van der Waals surface area (Å²) >= 11 is 0. The number of hydrogen-bond donors (Lipinski definition) is 3. The Morgan fingerprint density at radius 1 is 1.13 bits per heavy atom. The summed E-state index contributed by atoms with van der Waals surface area (Å²) in [6.07, 6.45) is 0. The highest BCUT2D eigenvalue weighted by molar-refractivity contribution is 6.00. The fourth-order valence-corrected chi connectivity index (χ4v) is 2.49. The fraction of sp³-hybridized carbons (Fsp3) is 0.222. The van der Waals surface area contributed by atoms with Crippen LogP contribution in [0.5, 0.6) is 0 Å². The van der Waals surface area contributed by atoms with Crippen LogP contribution in [0.25, 0.3) is 21.8 Å². The minimum absolute atomic E-state index is 0.0583. The molecule has 0 unspecified atom stereocenters. The molecule has 1 aromatic heterocycles. The van der Waals surface area contributed by atoms with E-state index < -0.39 is 5.54 Å². The first-order valence-electron chi connectivity index (χ1n) is 7.39. The van der Waals surface area contributed by atoms with E-state index in [0.29, 0.717) is 21.9 Å². The molecule has 23 heavy (non-hydrogen) atoms. The van der Waals surface area contributed by atoms with Gasteiger partial charge >= 0.3 is 0 Å². The van der Waals surface area contributed by atoms with Crippen LogP contribution in [0.3, 0.4) is 0 Å². The zero-order valence-electron chi connectivity index (χ0n) is 13.0. The molecule has 1 amide bonds. The lowest BCUT2D eigenvalue weighted by Gasteiger charge is -2.23. The number of aromatic nitrogens is 1. The Morgan fingerprint density at radius 3 is 2.57 bits per heavy atom. The second kappa shape index (κ2) is 5.52. The molecule has 0 bridgehead atoms. The second-order valence-electron chi connectivity index (χ2n) is 6.26. The topological polar surface area (TPSA) is 82.2 Å². The van der Waals surface area contributed by atoms with E-state index in [1.165, 1.54) is 0 Å². The zero-order valence-corrected chi connectivity index (χ0v) is 13.0. The van der Waals surface area contributed by atoms with Crippen LogP contribution in [0.4, 0.5) is 0 Å². The van der Waals surface area contributed by atoms with Crippen LogP contribution in [0.1, 0.15) is 24.2 Å². The number of rotatable bonds is 3. The van der Waals surface area contributed by atoms with Gasteiger partial charge in [0.1, 0.15) is 0 Å². The third-order valence-electron chi connectivity index (χ3n) is 3.81. The molecule has 0 saturated heterocycles. The van der Waals surface area contributed by atoms with Gasteiger partial charge < -0.3 is 15.4 Å². The van der Waals surface area contributed by atoms with Crippen molar-refractivity contribution in [3.05, 3.63) is 58.3 Å². The summed E-state index contributed by atoms with van der Waals surface area (Å²) in [7, 11) is 0. The van der Waals surface area contributed by atoms with Crippen LogP contribution < -0.4 is 10.7 Å². The maximum atomic E-state index is 12.5. The monoisotopic (exact) mass is 310 g/mol. The Balaban J connectivity index is 2.10. The van der Waals surface area contributed by atoms with Crippen LogP contribution in [-0.2, 0) is 0 Å². The molecular formula is C18H18N2O3. The van der Waals surface area contributed by atoms with Gasteiger partial charge in [0, 0.05) is 21.9 Å². The van der Waals surface area contributed by atoms with Crippen molar-refractivity contribution < 1.29 is 9.90 Å². The molecule has 3 aromatic rings. The van der Waals surface area contributed by atoms with Gasteiger partial charge in [-0.25, -0.2) is 0 Å². The number of fused-ring (bicyclic) bond motifs is 2. The second-order valence-corrected chi connectivity index (χ2v) is 6.26. The summed E-state index contributed by atoms with van der Waals surface area (Å²) in [5.74, 6) is -0.292. The Kier molecular flexibility index (Phi) is 3.66. The molecule has 3 rings (SSSR count). The van der Waals surface area contributed by atoms with Crippen molar-refractivity contribution in [1.82, 2.24) is 10.3 Å². The van der Waals surface area contributed by atoms with Gasteiger partial charge in [0.2, 0.25) is 0 Å². The Morgan fingerprint density at radius 2 is 1.83 bits per heavy atom. The average molecular weight is 310 g/mol. The molecule has 5 nitrogen and oxygen atoms in total. The number of nitrogens with one attached hydrogen (secondary N) is 2. The number of para-hydroxylation sites is 1. The molecule has 2 aromatic carbocycles. The first-order chi connectivity index (χ1) is 10.9. The van der Waals surface area contributed by atoms with Crippen molar-refractivity contribution >= 4 is 27.7 Å². The summed E-state index contributed by atoms with van der Waals surface area (Å²) in [4.78, 5) is 28.0. The summed E-state index contributed by atoms with van der Waals surface area (Å²) in [5.41, 5.74) is 1.02. The molecule has 0 radical (unpaired) electrons. The van der Waals surface area contributed by atoms with Crippen molar-refractivity contribution in [3.63, 3.8) is 0 Å². The molecule has 0 aliphatic heterocycles. The van der Waals surface area contributed by atoms with E-state index in [4.69, 9.17) is 0 Å². The Labute approximate surface area is 133 Å². The van der Waals surface area contributed by atoms with Crippen molar-refractivity contribution in [2.24, 2.45) is 0 Å². The highest BCUT2D eigenvalue weighted by Gasteiger charge is 2.20.